The number of hydrogen-bond donors (Lipinski definition) is 0. The van der Waals surface area contributed by atoms with Crippen LogP contribution in [0.2, 0.25) is 0 Å². The van der Waals surface area contributed by atoms with Crippen molar-refractivity contribution in [2.45, 2.75) is 0 Å². The van der Waals surface area contributed by atoms with E-state index in [1.54, 1.807) is 0 Å². The third-order valence-electron chi connectivity index (χ3n) is 12.5. The zero-order chi connectivity index (χ0) is 41.7. The number of aromatic nitrogens is 1. The van der Waals surface area contributed by atoms with Gasteiger partial charge in [0.25, 0.3) is 0 Å². The highest BCUT2D eigenvalue weighted by Gasteiger charge is 2.21. The van der Waals surface area contributed by atoms with Crippen LogP contribution in [0, 0.1) is 0 Å². The van der Waals surface area contributed by atoms with Crippen LogP contribution < -0.4 is 9.80 Å². The number of anilines is 6. The molecule has 0 radical (unpaired) electrons. The lowest BCUT2D eigenvalue weighted by molar-refractivity contribution is 1.18. The van der Waals surface area contributed by atoms with Crippen LogP contribution in [0.4, 0.5) is 34.1 Å². The molecule has 296 valence electrons. The van der Waals surface area contributed by atoms with Gasteiger partial charge in [-0.3, -0.25) is 0 Å². The molecule has 0 N–H and O–H groups in total. The Hall–Kier alpha value is -8.40. The van der Waals surface area contributed by atoms with Gasteiger partial charge >= 0.3 is 0 Å². The van der Waals surface area contributed by atoms with Gasteiger partial charge in [-0.1, -0.05) is 164 Å². The average molecular weight is 804 g/mol. The minimum absolute atomic E-state index is 1.10. The van der Waals surface area contributed by atoms with Gasteiger partial charge in [0, 0.05) is 50.0 Å². The molecule has 0 saturated carbocycles. The maximum Gasteiger partial charge on any atom is 0.0542 e. The number of fused-ring (bicyclic) bond motifs is 6. The van der Waals surface area contributed by atoms with E-state index in [4.69, 9.17) is 0 Å². The first kappa shape index (κ1) is 36.5. The van der Waals surface area contributed by atoms with E-state index in [9.17, 15) is 0 Å². The number of benzene rings is 11. The summed E-state index contributed by atoms with van der Waals surface area (Å²) in [5.41, 5.74) is 12.6. The molecule has 12 rings (SSSR count). The molecule has 0 aliphatic rings. The van der Waals surface area contributed by atoms with Crippen molar-refractivity contribution in [1.82, 2.24) is 4.57 Å². The van der Waals surface area contributed by atoms with E-state index in [1.165, 1.54) is 65.3 Å². The fraction of sp³-hybridized carbons (Fsp3) is 0. The fourth-order valence-electron chi connectivity index (χ4n) is 9.63. The molecule has 1 heterocycles. The first-order valence-electron chi connectivity index (χ1n) is 21.6. The van der Waals surface area contributed by atoms with Gasteiger partial charge in [0.15, 0.2) is 0 Å². The smallest absolute Gasteiger partial charge is 0.0542 e. The summed E-state index contributed by atoms with van der Waals surface area (Å²) in [6.45, 7) is 0. The summed E-state index contributed by atoms with van der Waals surface area (Å²) in [6.07, 6.45) is 0. The van der Waals surface area contributed by atoms with Crippen LogP contribution >= 0.6 is 0 Å². The molecule has 63 heavy (non-hydrogen) atoms. The summed E-state index contributed by atoms with van der Waals surface area (Å²) in [4.78, 5) is 4.81. The van der Waals surface area contributed by atoms with Crippen LogP contribution in [-0.4, -0.2) is 4.57 Å². The maximum atomic E-state index is 2.41. The number of nitrogens with zero attached hydrogens (tertiary/aromatic N) is 3. The normalized spacial score (nSPS) is 11.5. The SMILES string of the molecule is c1ccc(N(c2ccc3c(c2)c2ccccc2n3-c2ccccc2)c2ccc(-c3ccc(N(c4ccc5ccccc5c4)c4cccc5ccccc45)cc3)c3ccccc23)cc1. The lowest BCUT2D eigenvalue weighted by Crippen LogP contribution is -2.11. The highest BCUT2D eigenvalue weighted by molar-refractivity contribution is 6.12. The van der Waals surface area contributed by atoms with E-state index in [0.717, 1.165) is 39.8 Å². The predicted molar refractivity (Wildman–Crippen MR) is 268 cm³/mol. The van der Waals surface area contributed by atoms with E-state index >= 15 is 0 Å². The first-order chi connectivity index (χ1) is 31.3. The molecule has 0 spiro atoms. The second-order valence-corrected chi connectivity index (χ2v) is 16.2. The zero-order valence-electron chi connectivity index (χ0n) is 34.5. The molecule has 3 heteroatoms. The van der Waals surface area contributed by atoms with Gasteiger partial charge in [0.1, 0.15) is 0 Å². The third-order valence-corrected chi connectivity index (χ3v) is 12.5. The van der Waals surface area contributed by atoms with Crippen molar-refractivity contribution in [2.75, 3.05) is 9.80 Å². The van der Waals surface area contributed by atoms with Crippen molar-refractivity contribution in [3.05, 3.63) is 249 Å². The van der Waals surface area contributed by atoms with Crippen molar-refractivity contribution in [3.8, 4) is 16.8 Å². The molecular formula is C60H41N3. The van der Waals surface area contributed by atoms with Crippen LogP contribution in [0.25, 0.3) is 70.9 Å². The van der Waals surface area contributed by atoms with Gasteiger partial charge < -0.3 is 14.4 Å². The van der Waals surface area contributed by atoms with E-state index in [2.05, 4.69) is 263 Å². The highest BCUT2D eigenvalue weighted by Crippen LogP contribution is 2.45. The van der Waals surface area contributed by atoms with Crippen LogP contribution in [-0.2, 0) is 0 Å². The standard InChI is InChI=1S/C60H41N3/c1-3-20-46(21-4-1)61(50-36-38-60-56(41-50)55-27-13-14-28-58(55)63(60)47-22-5-2-6-23-47)59-39-37-51(53-25-11-12-26-54(53)59)44-31-33-48(34-32-44)62(49-35-30-42-16-7-8-18-45(42)40-49)57-29-15-19-43-17-9-10-24-52(43)57/h1-41H. The van der Waals surface area contributed by atoms with Gasteiger partial charge in [-0.2, -0.15) is 0 Å². The Balaban J connectivity index is 0.985. The monoisotopic (exact) mass is 803 g/mol. The molecule has 0 atom stereocenters. The van der Waals surface area contributed by atoms with Crippen LogP contribution in [0.1, 0.15) is 0 Å². The molecule has 1 aromatic heterocycles. The first-order valence-corrected chi connectivity index (χ1v) is 21.6. The maximum absolute atomic E-state index is 2.41. The Kier molecular flexibility index (Phi) is 8.83. The zero-order valence-corrected chi connectivity index (χ0v) is 34.5. The van der Waals surface area contributed by atoms with E-state index in [-0.39, 0.29) is 0 Å². The van der Waals surface area contributed by atoms with Crippen molar-refractivity contribution in [2.24, 2.45) is 0 Å². The molecule has 0 unspecified atom stereocenters. The molecular weight excluding hydrogens is 763 g/mol. The van der Waals surface area contributed by atoms with Crippen LogP contribution in [0.15, 0.2) is 249 Å². The van der Waals surface area contributed by atoms with Gasteiger partial charge in [-0.05, 0) is 118 Å². The minimum atomic E-state index is 1.10. The molecule has 12 aromatic rings. The van der Waals surface area contributed by atoms with E-state index in [1.807, 2.05) is 0 Å². The van der Waals surface area contributed by atoms with Crippen molar-refractivity contribution in [3.63, 3.8) is 0 Å². The molecule has 0 bridgehead atoms. The van der Waals surface area contributed by atoms with Gasteiger partial charge in [-0.15, -0.1) is 0 Å². The van der Waals surface area contributed by atoms with Crippen LogP contribution in [0.3, 0.4) is 0 Å². The van der Waals surface area contributed by atoms with E-state index in [0.29, 0.717) is 0 Å². The molecule has 0 aliphatic carbocycles. The second kappa shape index (κ2) is 15.3. The average Bonchev–Trinajstić information content (AvgIpc) is 3.69. The van der Waals surface area contributed by atoms with Gasteiger partial charge in [0.05, 0.1) is 22.4 Å². The van der Waals surface area contributed by atoms with Gasteiger partial charge in [0.2, 0.25) is 0 Å². The second-order valence-electron chi connectivity index (χ2n) is 16.2. The number of hydrogen-bond acceptors (Lipinski definition) is 2. The highest BCUT2D eigenvalue weighted by atomic mass is 15.1. The topological polar surface area (TPSA) is 11.4 Å². The molecule has 0 fully saturated rings. The van der Waals surface area contributed by atoms with Crippen molar-refractivity contribution < 1.29 is 0 Å². The van der Waals surface area contributed by atoms with Crippen molar-refractivity contribution >= 4 is 88.2 Å². The summed E-state index contributed by atoms with van der Waals surface area (Å²) in [5.74, 6) is 0. The Bertz CT molecular complexity index is 3620. The lowest BCUT2D eigenvalue weighted by atomic mass is 9.96. The Morgan fingerprint density at radius 1 is 0.270 bits per heavy atom. The molecule has 0 saturated heterocycles. The Labute approximate surface area is 366 Å². The minimum Gasteiger partial charge on any atom is -0.310 e. The third kappa shape index (κ3) is 6.29. The Morgan fingerprint density at radius 3 is 1.60 bits per heavy atom. The largest absolute Gasteiger partial charge is 0.310 e. The summed E-state index contributed by atoms with van der Waals surface area (Å²) in [7, 11) is 0. The van der Waals surface area contributed by atoms with E-state index < -0.39 is 0 Å². The summed E-state index contributed by atoms with van der Waals surface area (Å²) in [6, 6.07) is 90.2. The predicted octanol–water partition coefficient (Wildman–Crippen LogP) is 16.8. The van der Waals surface area contributed by atoms with Crippen LogP contribution in [0.5, 0.6) is 0 Å². The molecule has 11 aromatic carbocycles. The van der Waals surface area contributed by atoms with Gasteiger partial charge in [-0.25, -0.2) is 0 Å². The summed E-state index contributed by atoms with van der Waals surface area (Å²) in [5, 5.41) is 9.70. The molecule has 0 amide bonds. The fourth-order valence-corrected chi connectivity index (χ4v) is 9.63. The number of rotatable bonds is 8. The number of para-hydroxylation sites is 3. The quantitative estimate of drug-likeness (QED) is 0.152. The molecule has 0 aliphatic heterocycles. The summed E-state index contributed by atoms with van der Waals surface area (Å²) < 4.78 is 2.37. The summed E-state index contributed by atoms with van der Waals surface area (Å²) >= 11 is 0. The Morgan fingerprint density at radius 2 is 0.810 bits per heavy atom. The molecule has 3 nitrogen and oxygen atoms in total. The van der Waals surface area contributed by atoms with Crippen molar-refractivity contribution in [1.29, 1.82) is 0 Å². The lowest BCUT2D eigenvalue weighted by Gasteiger charge is -2.28.